The Morgan fingerprint density at radius 3 is 2.31 bits per heavy atom. The van der Waals surface area contributed by atoms with Crippen LogP contribution in [-0.2, 0) is 9.84 Å². The van der Waals surface area contributed by atoms with Crippen LogP contribution < -0.4 is 0 Å². The number of rotatable bonds is 8. The maximum absolute atomic E-state index is 11.1. The summed E-state index contributed by atoms with van der Waals surface area (Å²) in [5.74, 6) is 0.636. The van der Waals surface area contributed by atoms with Crippen LogP contribution in [0.15, 0.2) is 12.7 Å². The van der Waals surface area contributed by atoms with Crippen LogP contribution in [0.2, 0.25) is 0 Å². The molecule has 0 aromatic rings. The highest BCUT2D eigenvalue weighted by atomic mass is 32.2. The largest absolute Gasteiger partial charge is 0.229 e. The molecule has 0 saturated carbocycles. The molecule has 13 heavy (non-hydrogen) atoms. The lowest BCUT2D eigenvalue weighted by Crippen LogP contribution is -2.08. The third-order valence-electron chi connectivity index (χ3n) is 2.05. The van der Waals surface area contributed by atoms with Gasteiger partial charge in [-0.2, -0.15) is 0 Å². The van der Waals surface area contributed by atoms with Crippen LogP contribution in [0.1, 0.15) is 39.0 Å². The molecule has 0 amide bonds. The van der Waals surface area contributed by atoms with Gasteiger partial charge in [-0.05, 0) is 19.3 Å². The Hall–Kier alpha value is -0.310. The van der Waals surface area contributed by atoms with E-state index < -0.39 is 9.84 Å². The molecule has 0 N–H and O–H groups in total. The smallest absolute Gasteiger partial charge is 0.150 e. The molecule has 0 bridgehead atoms. The van der Waals surface area contributed by atoms with Crippen molar-refractivity contribution in [2.24, 2.45) is 0 Å². The van der Waals surface area contributed by atoms with E-state index in [1.54, 1.807) is 6.92 Å². The Morgan fingerprint density at radius 2 is 1.77 bits per heavy atom. The van der Waals surface area contributed by atoms with Crippen molar-refractivity contribution < 1.29 is 8.42 Å². The van der Waals surface area contributed by atoms with E-state index in [1.165, 1.54) is 0 Å². The fourth-order valence-electron chi connectivity index (χ4n) is 1.11. The van der Waals surface area contributed by atoms with E-state index >= 15 is 0 Å². The molecule has 2 nitrogen and oxygen atoms in total. The lowest BCUT2D eigenvalue weighted by atomic mass is 10.2. The minimum atomic E-state index is -2.73. The van der Waals surface area contributed by atoms with Crippen molar-refractivity contribution in [2.45, 2.75) is 39.0 Å². The summed E-state index contributed by atoms with van der Waals surface area (Å²) >= 11 is 0. The first-order valence-electron chi connectivity index (χ1n) is 4.93. The molecule has 0 aromatic carbocycles. The van der Waals surface area contributed by atoms with Crippen LogP contribution in [-0.4, -0.2) is 19.9 Å². The molecule has 0 aliphatic heterocycles. The number of allylic oxidation sites excluding steroid dienone is 1. The monoisotopic (exact) mass is 204 g/mol. The van der Waals surface area contributed by atoms with Gasteiger partial charge >= 0.3 is 0 Å². The lowest BCUT2D eigenvalue weighted by molar-refractivity contribution is 0.589. The Balaban J connectivity index is 3.31. The van der Waals surface area contributed by atoms with E-state index in [1.807, 2.05) is 6.08 Å². The molecular formula is C10H20O2S. The zero-order valence-corrected chi connectivity index (χ0v) is 9.28. The van der Waals surface area contributed by atoms with Crippen molar-refractivity contribution in [3.05, 3.63) is 12.7 Å². The fourth-order valence-corrected chi connectivity index (χ4v) is 2.04. The fraction of sp³-hybridized carbons (Fsp3) is 0.800. The van der Waals surface area contributed by atoms with Crippen molar-refractivity contribution in [1.82, 2.24) is 0 Å². The van der Waals surface area contributed by atoms with Gasteiger partial charge in [0, 0.05) is 5.75 Å². The zero-order valence-electron chi connectivity index (χ0n) is 8.46. The van der Waals surface area contributed by atoms with Crippen LogP contribution in [0.3, 0.4) is 0 Å². The van der Waals surface area contributed by atoms with E-state index in [2.05, 4.69) is 6.58 Å². The van der Waals surface area contributed by atoms with Gasteiger partial charge in [0.2, 0.25) is 0 Å². The summed E-state index contributed by atoms with van der Waals surface area (Å²) in [5, 5.41) is 0. The summed E-state index contributed by atoms with van der Waals surface area (Å²) in [7, 11) is -2.73. The second kappa shape index (κ2) is 7.13. The molecule has 0 atom stereocenters. The second-order valence-electron chi connectivity index (χ2n) is 3.23. The maximum atomic E-state index is 11.1. The Bertz CT molecular complexity index is 217. The normalized spacial score (nSPS) is 11.5. The minimum Gasteiger partial charge on any atom is -0.229 e. The first-order chi connectivity index (χ1) is 6.12. The van der Waals surface area contributed by atoms with Crippen LogP contribution in [0.25, 0.3) is 0 Å². The second-order valence-corrected chi connectivity index (χ2v) is 5.70. The molecule has 0 aliphatic carbocycles. The molecule has 0 unspecified atom stereocenters. The molecule has 0 fully saturated rings. The van der Waals surface area contributed by atoms with Crippen molar-refractivity contribution >= 4 is 9.84 Å². The van der Waals surface area contributed by atoms with E-state index in [-0.39, 0.29) is 5.75 Å². The minimum absolute atomic E-state index is 0.277. The Labute approximate surface area is 82.0 Å². The van der Waals surface area contributed by atoms with Crippen LogP contribution in [0, 0.1) is 0 Å². The van der Waals surface area contributed by atoms with Gasteiger partial charge in [0.1, 0.15) is 9.84 Å². The molecule has 0 radical (unpaired) electrons. The summed E-state index contributed by atoms with van der Waals surface area (Å²) < 4.78 is 22.1. The van der Waals surface area contributed by atoms with Gasteiger partial charge in [-0.1, -0.05) is 25.8 Å². The Kier molecular flexibility index (Phi) is 6.96. The van der Waals surface area contributed by atoms with Gasteiger partial charge in [-0.15, -0.1) is 6.58 Å². The third kappa shape index (κ3) is 8.03. The highest BCUT2D eigenvalue weighted by molar-refractivity contribution is 7.91. The average molecular weight is 204 g/mol. The van der Waals surface area contributed by atoms with E-state index in [4.69, 9.17) is 0 Å². The first kappa shape index (κ1) is 12.7. The van der Waals surface area contributed by atoms with E-state index in [0.717, 1.165) is 32.1 Å². The molecule has 0 aliphatic rings. The molecule has 78 valence electrons. The molecule has 3 heteroatoms. The summed E-state index contributed by atoms with van der Waals surface area (Å²) in [6.45, 7) is 5.34. The lowest BCUT2D eigenvalue weighted by Gasteiger charge is -2.00. The topological polar surface area (TPSA) is 34.1 Å². The van der Waals surface area contributed by atoms with Crippen LogP contribution >= 0.6 is 0 Å². The van der Waals surface area contributed by atoms with Crippen molar-refractivity contribution in [2.75, 3.05) is 11.5 Å². The summed E-state index contributed by atoms with van der Waals surface area (Å²) in [6, 6.07) is 0. The average Bonchev–Trinajstić information content (AvgIpc) is 2.11. The van der Waals surface area contributed by atoms with Gasteiger partial charge in [-0.3, -0.25) is 0 Å². The number of hydrogen-bond donors (Lipinski definition) is 0. The van der Waals surface area contributed by atoms with Gasteiger partial charge < -0.3 is 0 Å². The van der Waals surface area contributed by atoms with Gasteiger partial charge in [0.05, 0.1) is 5.75 Å². The zero-order chi connectivity index (χ0) is 10.2. The molecule has 0 aromatic heterocycles. The standard InChI is InChI=1S/C10H20O2S/c1-3-5-6-7-8-9-10-13(11,12)4-2/h3H,1,4-10H2,2H3. The van der Waals surface area contributed by atoms with Gasteiger partial charge in [0.15, 0.2) is 0 Å². The SMILES string of the molecule is C=CCCCCCCS(=O)(=O)CC. The van der Waals surface area contributed by atoms with Crippen LogP contribution in [0.5, 0.6) is 0 Å². The predicted octanol–water partition coefficient (Wildman–Crippen LogP) is 2.56. The molecule has 0 heterocycles. The summed E-state index contributed by atoms with van der Waals surface area (Å²) in [4.78, 5) is 0. The van der Waals surface area contributed by atoms with Crippen molar-refractivity contribution in [1.29, 1.82) is 0 Å². The number of sulfone groups is 1. The van der Waals surface area contributed by atoms with Gasteiger partial charge in [-0.25, -0.2) is 8.42 Å². The van der Waals surface area contributed by atoms with E-state index in [0.29, 0.717) is 5.75 Å². The van der Waals surface area contributed by atoms with Crippen LogP contribution in [0.4, 0.5) is 0 Å². The summed E-state index contributed by atoms with van der Waals surface area (Å²) in [6.07, 6.45) is 7.03. The summed E-state index contributed by atoms with van der Waals surface area (Å²) in [5.41, 5.74) is 0. The highest BCUT2D eigenvalue weighted by Crippen LogP contribution is 2.05. The molecule has 0 spiro atoms. The predicted molar refractivity (Wildman–Crippen MR) is 57.6 cm³/mol. The molecule has 0 saturated heterocycles. The van der Waals surface area contributed by atoms with Gasteiger partial charge in [0.25, 0.3) is 0 Å². The third-order valence-corrected chi connectivity index (χ3v) is 3.84. The van der Waals surface area contributed by atoms with E-state index in [9.17, 15) is 8.42 Å². The number of hydrogen-bond acceptors (Lipinski definition) is 2. The molecule has 0 rings (SSSR count). The maximum Gasteiger partial charge on any atom is 0.150 e. The molecular weight excluding hydrogens is 184 g/mol. The first-order valence-corrected chi connectivity index (χ1v) is 6.76. The Morgan fingerprint density at radius 1 is 1.15 bits per heavy atom. The highest BCUT2D eigenvalue weighted by Gasteiger charge is 2.05. The number of unbranched alkanes of at least 4 members (excludes halogenated alkanes) is 4. The quantitative estimate of drug-likeness (QED) is 0.450. The van der Waals surface area contributed by atoms with Crippen molar-refractivity contribution in [3.8, 4) is 0 Å². The van der Waals surface area contributed by atoms with Crippen molar-refractivity contribution in [3.63, 3.8) is 0 Å².